The van der Waals surface area contributed by atoms with Gasteiger partial charge in [0.15, 0.2) is 0 Å². The first-order valence-electron chi connectivity index (χ1n) is 8.49. The van der Waals surface area contributed by atoms with Crippen LogP contribution in [0.1, 0.15) is 32.3 Å². The molecule has 1 aromatic rings. The van der Waals surface area contributed by atoms with Crippen molar-refractivity contribution in [3.8, 4) is 0 Å². The van der Waals surface area contributed by atoms with Gasteiger partial charge in [-0.2, -0.15) is 0 Å². The first-order valence-corrected chi connectivity index (χ1v) is 8.49. The first kappa shape index (κ1) is 21.9. The molecule has 3 amide bonds. The number of carboxylic acid groups (broad SMARTS) is 1. The van der Waals surface area contributed by atoms with E-state index in [1.54, 1.807) is 38.1 Å². The van der Waals surface area contributed by atoms with Crippen LogP contribution in [0.25, 0.3) is 0 Å². The molecule has 0 aliphatic heterocycles. The minimum atomic E-state index is -1.29. The van der Waals surface area contributed by atoms with Crippen molar-refractivity contribution in [1.82, 2.24) is 10.6 Å². The van der Waals surface area contributed by atoms with E-state index in [0.29, 0.717) is 0 Å². The molecular weight excluding hydrogens is 354 g/mol. The second kappa shape index (κ2) is 10.8. The number of carboxylic acids is 1. The molecule has 0 heterocycles. The highest BCUT2D eigenvalue weighted by molar-refractivity contribution is 5.89. The molecule has 1 aromatic carbocycles. The summed E-state index contributed by atoms with van der Waals surface area (Å²) in [4.78, 5) is 46.4. The van der Waals surface area contributed by atoms with E-state index < -0.39 is 36.0 Å². The van der Waals surface area contributed by atoms with Crippen molar-refractivity contribution in [3.05, 3.63) is 35.9 Å². The predicted octanol–water partition coefficient (Wildman–Crippen LogP) is 0.772. The van der Waals surface area contributed by atoms with Crippen LogP contribution in [0.4, 0.5) is 4.79 Å². The summed E-state index contributed by atoms with van der Waals surface area (Å²) in [7, 11) is 0. The van der Waals surface area contributed by atoms with Crippen LogP contribution in [0.3, 0.4) is 0 Å². The average molecular weight is 379 g/mol. The summed E-state index contributed by atoms with van der Waals surface area (Å²) >= 11 is 0. The first-order chi connectivity index (χ1) is 12.7. The second-order valence-electron chi connectivity index (χ2n) is 6.33. The van der Waals surface area contributed by atoms with Crippen LogP contribution in [0, 0.1) is 5.92 Å². The molecule has 27 heavy (non-hydrogen) atoms. The second-order valence-corrected chi connectivity index (χ2v) is 6.33. The molecule has 0 saturated carbocycles. The fourth-order valence-electron chi connectivity index (χ4n) is 2.23. The Bertz CT molecular complexity index is 662. The van der Waals surface area contributed by atoms with Gasteiger partial charge >= 0.3 is 12.1 Å². The van der Waals surface area contributed by atoms with Crippen molar-refractivity contribution in [3.63, 3.8) is 0 Å². The molecule has 5 N–H and O–H groups in total. The lowest BCUT2D eigenvalue weighted by atomic mass is 10.0. The van der Waals surface area contributed by atoms with Gasteiger partial charge < -0.3 is 26.2 Å². The van der Waals surface area contributed by atoms with Crippen LogP contribution in [0.2, 0.25) is 0 Å². The molecule has 0 aromatic heterocycles. The van der Waals surface area contributed by atoms with Crippen molar-refractivity contribution in [2.24, 2.45) is 11.7 Å². The summed E-state index contributed by atoms with van der Waals surface area (Å²) < 4.78 is 5.08. The van der Waals surface area contributed by atoms with Crippen LogP contribution >= 0.6 is 0 Å². The summed E-state index contributed by atoms with van der Waals surface area (Å²) in [6.07, 6.45) is -1.12. The van der Waals surface area contributed by atoms with E-state index >= 15 is 0 Å². The van der Waals surface area contributed by atoms with Gasteiger partial charge in [-0.25, -0.2) is 9.59 Å². The molecular formula is C18H25N3O6. The number of carbonyl (C=O) groups is 4. The molecule has 0 aliphatic rings. The van der Waals surface area contributed by atoms with E-state index in [-0.39, 0.29) is 25.4 Å². The van der Waals surface area contributed by atoms with Crippen LogP contribution in [0.15, 0.2) is 30.3 Å². The third-order valence-electron chi connectivity index (χ3n) is 3.73. The highest BCUT2D eigenvalue weighted by atomic mass is 16.5. The minimum Gasteiger partial charge on any atom is -0.480 e. The zero-order valence-corrected chi connectivity index (χ0v) is 15.3. The molecule has 0 aliphatic carbocycles. The molecule has 148 valence electrons. The molecule has 9 heteroatoms. The summed E-state index contributed by atoms with van der Waals surface area (Å²) in [6, 6.07) is 6.74. The van der Waals surface area contributed by atoms with Gasteiger partial charge in [-0.15, -0.1) is 0 Å². The number of nitrogens with one attached hydrogen (secondary N) is 2. The Morgan fingerprint density at radius 2 is 1.74 bits per heavy atom. The summed E-state index contributed by atoms with van der Waals surface area (Å²) in [5.74, 6) is -2.96. The van der Waals surface area contributed by atoms with Crippen molar-refractivity contribution >= 4 is 23.9 Å². The third kappa shape index (κ3) is 8.21. The van der Waals surface area contributed by atoms with Crippen molar-refractivity contribution in [1.29, 1.82) is 0 Å². The Morgan fingerprint density at radius 3 is 2.26 bits per heavy atom. The largest absolute Gasteiger partial charge is 0.480 e. The van der Waals surface area contributed by atoms with Gasteiger partial charge in [0, 0.05) is 6.42 Å². The van der Waals surface area contributed by atoms with E-state index in [4.69, 9.17) is 15.6 Å². The molecule has 0 radical (unpaired) electrons. The number of benzene rings is 1. The number of hydrogen-bond acceptors (Lipinski definition) is 5. The van der Waals surface area contributed by atoms with E-state index in [2.05, 4.69) is 10.6 Å². The van der Waals surface area contributed by atoms with E-state index in [1.165, 1.54) is 0 Å². The van der Waals surface area contributed by atoms with Crippen molar-refractivity contribution < 1.29 is 29.0 Å². The number of hydrogen-bond donors (Lipinski definition) is 4. The normalized spacial score (nSPS) is 12.7. The molecule has 0 unspecified atom stereocenters. The maximum Gasteiger partial charge on any atom is 0.408 e. The van der Waals surface area contributed by atoms with E-state index in [9.17, 15) is 19.2 Å². The number of carbonyl (C=O) groups excluding carboxylic acids is 3. The lowest BCUT2D eigenvalue weighted by molar-refractivity contribution is -0.142. The average Bonchev–Trinajstić information content (AvgIpc) is 2.61. The quantitative estimate of drug-likeness (QED) is 0.472. The molecule has 2 atom stereocenters. The zero-order chi connectivity index (χ0) is 20.4. The highest BCUT2D eigenvalue weighted by Crippen LogP contribution is 2.06. The SMILES string of the molecule is CC(C)[C@H](NC(=O)OCc1ccccc1)C(=O)N[C@@H](CCC(N)=O)C(=O)O. The Hall–Kier alpha value is -3.10. The molecule has 0 fully saturated rings. The molecule has 9 nitrogen and oxygen atoms in total. The number of aliphatic carboxylic acids is 1. The number of ether oxygens (including phenoxy) is 1. The summed E-state index contributed by atoms with van der Waals surface area (Å²) in [5, 5.41) is 13.9. The number of alkyl carbamates (subject to hydrolysis) is 1. The topological polar surface area (TPSA) is 148 Å². The maximum absolute atomic E-state index is 12.4. The molecule has 0 spiro atoms. The Morgan fingerprint density at radius 1 is 1.11 bits per heavy atom. The fourth-order valence-corrected chi connectivity index (χ4v) is 2.23. The van der Waals surface area contributed by atoms with Crippen LogP contribution in [-0.4, -0.2) is 41.1 Å². The Kier molecular flexibility index (Phi) is 8.77. The van der Waals surface area contributed by atoms with Crippen LogP contribution in [0.5, 0.6) is 0 Å². The number of primary amides is 1. The molecule has 0 saturated heterocycles. The fraction of sp³-hybridized carbons (Fsp3) is 0.444. The lowest BCUT2D eigenvalue weighted by Crippen LogP contribution is -2.53. The van der Waals surface area contributed by atoms with Crippen molar-refractivity contribution in [2.75, 3.05) is 0 Å². The third-order valence-corrected chi connectivity index (χ3v) is 3.73. The maximum atomic E-state index is 12.4. The zero-order valence-electron chi connectivity index (χ0n) is 15.3. The van der Waals surface area contributed by atoms with Gasteiger partial charge in [0.1, 0.15) is 18.7 Å². The van der Waals surface area contributed by atoms with Gasteiger partial charge in [0.2, 0.25) is 11.8 Å². The summed E-state index contributed by atoms with van der Waals surface area (Å²) in [6.45, 7) is 3.43. The van der Waals surface area contributed by atoms with Gasteiger partial charge in [-0.1, -0.05) is 44.2 Å². The van der Waals surface area contributed by atoms with E-state index in [0.717, 1.165) is 5.56 Å². The molecule has 0 bridgehead atoms. The Labute approximate surface area is 157 Å². The lowest BCUT2D eigenvalue weighted by Gasteiger charge is -2.23. The smallest absolute Gasteiger partial charge is 0.408 e. The number of nitrogens with two attached hydrogens (primary N) is 1. The van der Waals surface area contributed by atoms with Gasteiger partial charge in [-0.05, 0) is 17.9 Å². The predicted molar refractivity (Wildman–Crippen MR) is 96.4 cm³/mol. The minimum absolute atomic E-state index is 0.0372. The number of amides is 3. The monoisotopic (exact) mass is 379 g/mol. The van der Waals surface area contributed by atoms with Gasteiger partial charge in [0.05, 0.1) is 0 Å². The number of rotatable bonds is 10. The van der Waals surface area contributed by atoms with Crippen LogP contribution < -0.4 is 16.4 Å². The van der Waals surface area contributed by atoms with Crippen LogP contribution in [-0.2, 0) is 25.7 Å². The Balaban J connectivity index is 2.64. The van der Waals surface area contributed by atoms with Gasteiger partial charge in [0.25, 0.3) is 0 Å². The van der Waals surface area contributed by atoms with Crippen molar-refractivity contribution in [2.45, 2.75) is 45.4 Å². The highest BCUT2D eigenvalue weighted by Gasteiger charge is 2.29. The van der Waals surface area contributed by atoms with E-state index in [1.807, 2.05) is 6.07 Å². The van der Waals surface area contributed by atoms with Gasteiger partial charge in [-0.3, -0.25) is 9.59 Å². The standard InChI is InChI=1S/C18H25N3O6/c1-11(2)15(16(23)20-13(17(24)25)8-9-14(19)22)21-18(26)27-10-12-6-4-3-5-7-12/h3-7,11,13,15H,8-10H2,1-2H3,(H2,19,22)(H,20,23)(H,21,26)(H,24,25)/t13-,15-/m0/s1. The molecule has 1 rings (SSSR count). The summed E-state index contributed by atoms with van der Waals surface area (Å²) in [5.41, 5.74) is 5.80.